The summed E-state index contributed by atoms with van der Waals surface area (Å²) in [4.78, 5) is 25.8. The lowest BCUT2D eigenvalue weighted by atomic mass is 9.88. The zero-order chi connectivity index (χ0) is 29.7. The number of rotatable bonds is 8. The summed E-state index contributed by atoms with van der Waals surface area (Å²) in [5.74, 6) is 6.43. The second-order valence-corrected chi connectivity index (χ2v) is 11.4. The second kappa shape index (κ2) is 10.2. The van der Waals surface area contributed by atoms with Crippen molar-refractivity contribution in [3.05, 3.63) is 78.1 Å². The Kier molecular flexibility index (Phi) is 6.35. The highest BCUT2D eigenvalue weighted by molar-refractivity contribution is 6.07. The minimum Gasteiger partial charge on any atom is -0.494 e. The number of ether oxygens (including phenoxy) is 1. The van der Waals surface area contributed by atoms with Gasteiger partial charge < -0.3 is 19.7 Å². The van der Waals surface area contributed by atoms with E-state index < -0.39 is 17.5 Å². The second-order valence-electron chi connectivity index (χ2n) is 11.4. The van der Waals surface area contributed by atoms with Gasteiger partial charge in [-0.25, -0.2) is 4.79 Å². The number of benzene rings is 3. The number of imide groups is 1. The Morgan fingerprint density at radius 3 is 2.60 bits per heavy atom. The molecule has 2 fully saturated rings. The van der Waals surface area contributed by atoms with Crippen LogP contribution in [0.25, 0.3) is 32.8 Å². The van der Waals surface area contributed by atoms with Crippen LogP contribution in [-0.4, -0.2) is 38.0 Å². The summed E-state index contributed by atoms with van der Waals surface area (Å²) < 4.78 is 9.35. The predicted molar refractivity (Wildman–Crippen MR) is 164 cm³/mol. The number of carbonyl (C=O) groups excluding carboxylic acids is 2. The summed E-state index contributed by atoms with van der Waals surface area (Å²) in [5, 5.41) is 23.4. The molecule has 43 heavy (non-hydrogen) atoms. The van der Waals surface area contributed by atoms with Crippen LogP contribution in [0.2, 0.25) is 0 Å². The lowest BCUT2D eigenvalue weighted by Gasteiger charge is -2.27. The minimum atomic E-state index is -1.41. The molecule has 0 unspecified atom stereocenters. The Hall–Kier alpha value is -5.23. The fourth-order valence-electron chi connectivity index (χ4n) is 6.03. The van der Waals surface area contributed by atoms with Gasteiger partial charge in [-0.1, -0.05) is 30.2 Å². The van der Waals surface area contributed by atoms with E-state index in [0.29, 0.717) is 16.7 Å². The number of amides is 3. The highest BCUT2D eigenvalue weighted by Crippen LogP contribution is 2.37. The minimum absolute atomic E-state index is 0.00677. The van der Waals surface area contributed by atoms with Crippen LogP contribution >= 0.6 is 0 Å². The summed E-state index contributed by atoms with van der Waals surface area (Å²) in [6.07, 6.45) is 6.24. The Balaban J connectivity index is 1.21. The van der Waals surface area contributed by atoms with Crippen molar-refractivity contribution in [1.82, 2.24) is 25.0 Å². The van der Waals surface area contributed by atoms with Gasteiger partial charge >= 0.3 is 6.03 Å². The number of aromatic nitrogens is 3. The quantitative estimate of drug-likeness (QED) is 0.174. The lowest BCUT2D eigenvalue weighted by molar-refractivity contribution is -0.124. The molecule has 2 aliphatic rings. The Bertz CT molecular complexity index is 1970. The van der Waals surface area contributed by atoms with Gasteiger partial charge in [0.1, 0.15) is 12.4 Å². The van der Waals surface area contributed by atoms with Crippen molar-refractivity contribution in [1.29, 1.82) is 0 Å². The molecule has 9 nitrogen and oxygen atoms in total. The first-order chi connectivity index (χ1) is 20.8. The molecule has 1 aliphatic heterocycles. The Morgan fingerprint density at radius 1 is 1.07 bits per heavy atom. The largest absolute Gasteiger partial charge is 0.494 e. The van der Waals surface area contributed by atoms with Crippen molar-refractivity contribution in [2.75, 3.05) is 6.61 Å². The van der Waals surface area contributed by atoms with Gasteiger partial charge in [-0.2, -0.15) is 5.10 Å². The van der Waals surface area contributed by atoms with E-state index in [4.69, 9.17) is 4.74 Å². The van der Waals surface area contributed by atoms with Gasteiger partial charge in [0.15, 0.2) is 11.4 Å². The van der Waals surface area contributed by atoms with Crippen LogP contribution in [0.5, 0.6) is 11.6 Å². The maximum Gasteiger partial charge on any atom is 0.322 e. The molecule has 3 N–H and O–H groups in total. The van der Waals surface area contributed by atoms with Crippen molar-refractivity contribution in [2.45, 2.75) is 45.3 Å². The molecule has 0 spiro atoms. The molecule has 216 valence electrons. The zero-order valence-corrected chi connectivity index (χ0v) is 24.0. The Labute approximate surface area is 248 Å². The number of nitrogens with zero attached hydrogens (tertiary/aromatic N) is 3. The fourth-order valence-corrected chi connectivity index (χ4v) is 6.03. The number of hydrogen-bond donors (Lipinski definition) is 3. The molecule has 3 heterocycles. The van der Waals surface area contributed by atoms with Gasteiger partial charge in [-0.3, -0.25) is 14.8 Å². The van der Waals surface area contributed by atoms with Crippen molar-refractivity contribution >= 4 is 33.6 Å². The first kappa shape index (κ1) is 26.7. The first-order valence-corrected chi connectivity index (χ1v) is 14.4. The summed E-state index contributed by atoms with van der Waals surface area (Å²) in [5.41, 5.74) is 3.56. The molecular formula is C34H31N5O4. The third kappa shape index (κ3) is 4.75. The molecule has 3 amide bonds. The van der Waals surface area contributed by atoms with E-state index in [1.807, 2.05) is 36.5 Å². The van der Waals surface area contributed by atoms with Crippen molar-refractivity contribution in [3.63, 3.8) is 0 Å². The molecule has 5 aromatic rings. The van der Waals surface area contributed by atoms with E-state index in [1.54, 1.807) is 29.8 Å². The normalized spacial score (nSPS) is 18.0. The topological polar surface area (TPSA) is 110 Å². The predicted octanol–water partition coefficient (Wildman–Crippen LogP) is 5.22. The SMILES string of the molecule is CC#CCOc1ccc2cn(C[C@@]3(c4ccc(-c5cc(C)c6c(cnn6CC6CC6)c5)cc4)NC(=O)NC3=O)c(O)c2c1. The average Bonchev–Trinajstić information content (AvgIpc) is 3.54. The molecule has 0 bridgehead atoms. The molecule has 1 aliphatic carbocycles. The summed E-state index contributed by atoms with van der Waals surface area (Å²) in [6, 6.07) is 16.7. The van der Waals surface area contributed by atoms with E-state index in [1.165, 1.54) is 18.4 Å². The third-order valence-corrected chi connectivity index (χ3v) is 8.43. The maximum atomic E-state index is 13.3. The molecule has 3 aromatic carbocycles. The van der Waals surface area contributed by atoms with Gasteiger partial charge in [-0.05, 0) is 85.2 Å². The van der Waals surface area contributed by atoms with E-state index in [0.717, 1.165) is 39.9 Å². The van der Waals surface area contributed by atoms with Gasteiger partial charge in [-0.15, -0.1) is 5.92 Å². The van der Waals surface area contributed by atoms with E-state index in [-0.39, 0.29) is 19.0 Å². The van der Waals surface area contributed by atoms with Crippen LogP contribution in [0.4, 0.5) is 4.79 Å². The number of urea groups is 1. The molecule has 7 rings (SSSR count). The highest BCUT2D eigenvalue weighted by atomic mass is 16.5. The van der Waals surface area contributed by atoms with E-state index in [2.05, 4.69) is 51.3 Å². The number of aryl methyl sites for hydroxylation is 1. The van der Waals surface area contributed by atoms with Crippen LogP contribution in [0, 0.1) is 24.7 Å². The van der Waals surface area contributed by atoms with Crippen molar-refractivity contribution in [3.8, 4) is 34.6 Å². The van der Waals surface area contributed by atoms with E-state index >= 15 is 0 Å². The highest BCUT2D eigenvalue weighted by Gasteiger charge is 2.48. The van der Waals surface area contributed by atoms with Crippen LogP contribution in [-0.2, 0) is 23.4 Å². The average molecular weight is 574 g/mol. The van der Waals surface area contributed by atoms with Gasteiger partial charge in [0.25, 0.3) is 5.91 Å². The van der Waals surface area contributed by atoms with Gasteiger partial charge in [0.05, 0.1) is 18.3 Å². The number of hydrogen-bond acceptors (Lipinski definition) is 5. The maximum absolute atomic E-state index is 13.3. The van der Waals surface area contributed by atoms with Crippen LogP contribution in [0.1, 0.15) is 30.9 Å². The Morgan fingerprint density at radius 2 is 1.88 bits per heavy atom. The van der Waals surface area contributed by atoms with Crippen LogP contribution in [0.3, 0.4) is 0 Å². The number of nitrogens with one attached hydrogen (secondary N) is 2. The summed E-state index contributed by atoms with van der Waals surface area (Å²) in [7, 11) is 0. The van der Waals surface area contributed by atoms with Crippen LogP contribution < -0.4 is 15.4 Å². The first-order valence-electron chi connectivity index (χ1n) is 14.4. The summed E-state index contributed by atoms with van der Waals surface area (Å²) in [6.45, 7) is 5.05. The molecule has 2 aromatic heterocycles. The zero-order valence-electron chi connectivity index (χ0n) is 24.0. The van der Waals surface area contributed by atoms with E-state index in [9.17, 15) is 14.7 Å². The molecule has 9 heteroatoms. The van der Waals surface area contributed by atoms with Gasteiger partial charge in [0, 0.05) is 28.9 Å². The fraction of sp³-hybridized carbons (Fsp3) is 0.265. The standard InChI is InChI=1S/C34H31N5O4/c1-3-4-13-43-28-12-9-24-19-38(31(40)29(24)16-28)20-34(32(41)36-33(42)37-34)27-10-7-23(8-11-27)25-14-21(2)30-26(15-25)17-35-39(30)18-22-5-6-22/h7-12,14-17,19,22,40H,5-6,13,18,20H2,1-2H3,(H2,36,37,41,42)/t34-/m0/s1. The number of fused-ring (bicyclic) bond motifs is 2. The monoisotopic (exact) mass is 573 g/mol. The van der Waals surface area contributed by atoms with Crippen molar-refractivity contribution < 1.29 is 19.4 Å². The number of carbonyl (C=O) groups is 2. The molecule has 1 saturated heterocycles. The molecule has 0 radical (unpaired) electrons. The van der Waals surface area contributed by atoms with Crippen molar-refractivity contribution in [2.24, 2.45) is 5.92 Å². The number of aromatic hydroxyl groups is 1. The van der Waals surface area contributed by atoms with Gasteiger partial charge in [0.2, 0.25) is 0 Å². The summed E-state index contributed by atoms with van der Waals surface area (Å²) >= 11 is 0. The third-order valence-electron chi connectivity index (χ3n) is 8.43. The molecule has 1 atom stereocenters. The lowest BCUT2D eigenvalue weighted by Crippen LogP contribution is -2.47. The smallest absolute Gasteiger partial charge is 0.322 e. The molecular weight excluding hydrogens is 542 g/mol. The van der Waals surface area contributed by atoms with Crippen LogP contribution in [0.15, 0.2) is 67.0 Å². The molecule has 1 saturated carbocycles.